The quantitative estimate of drug-likeness (QED) is 0.242. The van der Waals surface area contributed by atoms with Crippen molar-refractivity contribution in [2.75, 3.05) is 24.5 Å². The molecule has 3 rings (SSSR count). The molecule has 0 amide bonds. The smallest absolute Gasteiger partial charge is 0.345 e. The van der Waals surface area contributed by atoms with Crippen molar-refractivity contribution in [3.8, 4) is 10.4 Å². The lowest BCUT2D eigenvalue weighted by Crippen LogP contribution is -2.24. The van der Waals surface area contributed by atoms with Crippen LogP contribution in [0.3, 0.4) is 0 Å². The summed E-state index contributed by atoms with van der Waals surface area (Å²) in [6.45, 7) is 3.74. The lowest BCUT2D eigenvalue weighted by Gasteiger charge is -2.23. The van der Waals surface area contributed by atoms with E-state index in [1.54, 1.807) is 6.07 Å². The second kappa shape index (κ2) is 10.4. The molecular weight excluding hydrogens is 452 g/mol. The second-order valence-electron chi connectivity index (χ2n) is 7.40. The molecule has 32 heavy (non-hydrogen) atoms. The van der Waals surface area contributed by atoms with E-state index in [4.69, 9.17) is 10.2 Å². The van der Waals surface area contributed by atoms with Gasteiger partial charge in [0.2, 0.25) is 0 Å². The molecule has 3 N–H and O–H groups in total. The summed E-state index contributed by atoms with van der Waals surface area (Å²) in [5, 5.41) is 0.710. The van der Waals surface area contributed by atoms with Crippen LogP contribution in [-0.4, -0.2) is 38.4 Å². The molecule has 0 fully saturated rings. The summed E-state index contributed by atoms with van der Waals surface area (Å²) in [5.41, 5.74) is 6.36. The van der Waals surface area contributed by atoms with Gasteiger partial charge in [-0.1, -0.05) is 6.42 Å². The zero-order chi connectivity index (χ0) is 23.3. The molecule has 0 atom stereocenters. The van der Waals surface area contributed by atoms with Crippen LogP contribution in [0, 0.1) is 0 Å². The summed E-state index contributed by atoms with van der Waals surface area (Å²) in [6, 6.07) is 10.0. The topological polar surface area (TPSA) is 131 Å². The number of Topliss-reactive ketones (excluding diaryl/α,β-unsaturated/α-hetero) is 1. The summed E-state index contributed by atoms with van der Waals surface area (Å²) in [4.78, 5) is 26.4. The molecule has 0 aliphatic heterocycles. The maximum absolute atomic E-state index is 12.5. The van der Waals surface area contributed by atoms with Crippen LogP contribution in [-0.2, 0) is 14.9 Å². The van der Waals surface area contributed by atoms with Crippen molar-refractivity contribution in [2.24, 2.45) is 5.73 Å². The van der Waals surface area contributed by atoms with Gasteiger partial charge in [-0.3, -0.25) is 9.35 Å². The van der Waals surface area contributed by atoms with Crippen molar-refractivity contribution >= 4 is 43.9 Å². The average molecular weight is 479 g/mol. The van der Waals surface area contributed by atoms with Gasteiger partial charge in [-0.2, -0.15) is 8.42 Å². The molecule has 3 aromatic rings. The molecule has 10 heteroatoms. The highest BCUT2D eigenvalue weighted by Crippen LogP contribution is 2.31. The summed E-state index contributed by atoms with van der Waals surface area (Å²) >= 11 is 0.809. The first-order valence-corrected chi connectivity index (χ1v) is 12.6. The zero-order valence-corrected chi connectivity index (χ0v) is 19.4. The lowest BCUT2D eigenvalue weighted by atomic mass is 10.1. The fraction of sp³-hybridized carbons (Fsp3) is 0.364. The molecule has 172 valence electrons. The Hall–Kier alpha value is -2.53. The third kappa shape index (κ3) is 5.83. The van der Waals surface area contributed by atoms with Crippen LogP contribution in [0.5, 0.6) is 0 Å². The first-order valence-electron chi connectivity index (χ1n) is 10.3. The van der Waals surface area contributed by atoms with E-state index in [1.807, 2.05) is 25.1 Å². The Morgan fingerprint density at radius 1 is 1.16 bits per heavy atom. The van der Waals surface area contributed by atoms with Crippen molar-refractivity contribution in [3.05, 3.63) is 46.8 Å². The van der Waals surface area contributed by atoms with Crippen LogP contribution in [0.25, 0.3) is 21.4 Å². The van der Waals surface area contributed by atoms with Gasteiger partial charge in [-0.25, -0.2) is 4.79 Å². The van der Waals surface area contributed by atoms with Crippen molar-refractivity contribution in [3.63, 3.8) is 0 Å². The largest absolute Gasteiger partial charge is 0.422 e. The molecule has 1 aromatic carbocycles. The van der Waals surface area contributed by atoms with Gasteiger partial charge in [0.1, 0.15) is 15.6 Å². The van der Waals surface area contributed by atoms with E-state index in [0.29, 0.717) is 22.3 Å². The van der Waals surface area contributed by atoms with Gasteiger partial charge in [-0.15, -0.1) is 11.3 Å². The third-order valence-corrected chi connectivity index (χ3v) is 7.62. The monoisotopic (exact) mass is 478 g/mol. The predicted molar refractivity (Wildman–Crippen MR) is 126 cm³/mol. The number of carbonyl (C=O) groups is 1. The fourth-order valence-corrected chi connectivity index (χ4v) is 5.12. The van der Waals surface area contributed by atoms with Crippen molar-refractivity contribution in [1.29, 1.82) is 0 Å². The maximum Gasteiger partial charge on any atom is 0.345 e. The molecule has 0 saturated heterocycles. The van der Waals surface area contributed by atoms with Crippen molar-refractivity contribution in [2.45, 2.75) is 36.8 Å². The highest BCUT2D eigenvalue weighted by Gasteiger charge is 2.17. The van der Waals surface area contributed by atoms with E-state index in [1.165, 1.54) is 12.1 Å². The Bertz CT molecular complexity index is 1260. The SMILES string of the molecule is CCN(CCCCCC(=O)CN)c1ccc2cc(-c3ccc(S(=O)(=O)O)s3)c(=O)oc2c1. The number of benzene rings is 1. The summed E-state index contributed by atoms with van der Waals surface area (Å²) in [5.74, 6) is 0.0815. The van der Waals surface area contributed by atoms with Gasteiger partial charge < -0.3 is 15.1 Å². The third-order valence-electron chi connectivity index (χ3n) is 5.18. The first-order chi connectivity index (χ1) is 15.2. The number of hydrogen-bond donors (Lipinski definition) is 2. The average Bonchev–Trinajstić information content (AvgIpc) is 3.26. The first kappa shape index (κ1) is 24.1. The minimum atomic E-state index is -4.32. The van der Waals surface area contributed by atoms with Gasteiger partial charge in [0.15, 0.2) is 0 Å². The minimum Gasteiger partial charge on any atom is -0.422 e. The van der Waals surface area contributed by atoms with E-state index in [-0.39, 0.29) is 22.1 Å². The summed E-state index contributed by atoms with van der Waals surface area (Å²) < 4.78 is 37.1. The fourth-order valence-electron chi connectivity index (χ4n) is 3.45. The van der Waals surface area contributed by atoms with E-state index in [2.05, 4.69) is 4.90 Å². The number of ketones is 1. The highest BCUT2D eigenvalue weighted by molar-refractivity contribution is 7.88. The lowest BCUT2D eigenvalue weighted by molar-refractivity contribution is -0.117. The number of thiophene rings is 1. The molecule has 8 nitrogen and oxygen atoms in total. The van der Waals surface area contributed by atoms with Crippen LogP contribution >= 0.6 is 11.3 Å². The van der Waals surface area contributed by atoms with E-state index >= 15 is 0 Å². The van der Waals surface area contributed by atoms with E-state index in [9.17, 15) is 22.6 Å². The van der Waals surface area contributed by atoms with Crippen LogP contribution in [0.15, 0.2) is 49.8 Å². The van der Waals surface area contributed by atoms with Gasteiger partial charge in [0.25, 0.3) is 0 Å². The predicted octanol–water partition coefficient (Wildman–Crippen LogP) is 3.68. The molecule has 0 bridgehead atoms. The van der Waals surface area contributed by atoms with E-state index < -0.39 is 15.7 Å². The minimum absolute atomic E-state index is 0.0815. The number of unbranched alkanes of at least 4 members (excludes halogenated alkanes) is 2. The number of nitrogens with zero attached hydrogens (tertiary/aromatic N) is 1. The molecule has 2 aromatic heterocycles. The Morgan fingerprint density at radius 2 is 1.94 bits per heavy atom. The Kier molecular flexibility index (Phi) is 7.83. The van der Waals surface area contributed by atoms with Crippen LogP contribution < -0.4 is 16.3 Å². The number of nitrogens with two attached hydrogens (primary N) is 1. The molecule has 0 unspecified atom stereocenters. The number of rotatable bonds is 11. The Morgan fingerprint density at radius 3 is 2.59 bits per heavy atom. The zero-order valence-electron chi connectivity index (χ0n) is 17.7. The van der Waals surface area contributed by atoms with Crippen LogP contribution in [0.1, 0.15) is 32.6 Å². The van der Waals surface area contributed by atoms with Gasteiger partial charge in [0, 0.05) is 41.5 Å². The normalized spacial score (nSPS) is 11.7. The highest BCUT2D eigenvalue weighted by atomic mass is 32.3. The maximum atomic E-state index is 12.5. The standard InChI is InChI=1S/C22H26N2O6S2/c1-2-24(11-5-3-4-6-17(25)14-23)16-8-7-15-12-18(22(26)30-19(15)13-16)20-9-10-21(31-20)32(27,28)29/h7-10,12-13H,2-6,11,14,23H2,1H3,(H,27,28,29). The van der Waals surface area contributed by atoms with Crippen LogP contribution in [0.4, 0.5) is 5.69 Å². The number of anilines is 1. The van der Waals surface area contributed by atoms with Crippen molar-refractivity contribution < 1.29 is 22.2 Å². The molecule has 0 radical (unpaired) electrons. The Balaban J connectivity index is 1.77. The Labute approximate surface area is 190 Å². The van der Waals surface area contributed by atoms with Crippen molar-refractivity contribution in [1.82, 2.24) is 0 Å². The van der Waals surface area contributed by atoms with Gasteiger partial charge in [0.05, 0.1) is 12.1 Å². The molecule has 0 spiro atoms. The second-order valence-corrected chi connectivity index (χ2v) is 10.1. The summed E-state index contributed by atoms with van der Waals surface area (Å²) in [7, 11) is -4.32. The van der Waals surface area contributed by atoms with E-state index in [0.717, 1.165) is 49.4 Å². The number of fused-ring (bicyclic) bond motifs is 1. The van der Waals surface area contributed by atoms with Gasteiger partial charge >= 0.3 is 15.7 Å². The molecule has 0 aliphatic carbocycles. The summed E-state index contributed by atoms with van der Waals surface area (Å²) in [6.07, 6.45) is 3.20. The number of carbonyl (C=O) groups excluding carboxylic acids is 1. The molecule has 0 saturated carbocycles. The molecule has 0 aliphatic rings. The molecular formula is C22H26N2O6S2. The van der Waals surface area contributed by atoms with Gasteiger partial charge in [-0.05, 0) is 50.1 Å². The van der Waals surface area contributed by atoms with Crippen LogP contribution in [0.2, 0.25) is 0 Å². The number of hydrogen-bond acceptors (Lipinski definition) is 8. The molecule has 2 heterocycles.